The van der Waals surface area contributed by atoms with Crippen LogP contribution in [0, 0.1) is 5.92 Å². The highest BCUT2D eigenvalue weighted by Gasteiger charge is 2.48. The lowest BCUT2D eigenvalue weighted by molar-refractivity contribution is -0.288. The monoisotopic (exact) mass is 404 g/mol. The molecule has 0 spiro atoms. The molecule has 28 heavy (non-hydrogen) atoms. The van der Waals surface area contributed by atoms with Crippen LogP contribution in [0.5, 0.6) is 0 Å². The molecule has 0 saturated carbocycles. The van der Waals surface area contributed by atoms with Crippen LogP contribution in [0.4, 0.5) is 0 Å². The smallest absolute Gasteiger partial charge is 0.306 e. The molecule has 160 valence electrons. The van der Waals surface area contributed by atoms with Crippen molar-refractivity contribution in [2.75, 3.05) is 13.7 Å². The van der Waals surface area contributed by atoms with Crippen molar-refractivity contribution in [2.45, 2.75) is 71.1 Å². The highest BCUT2D eigenvalue weighted by atomic mass is 16.7. The number of carbonyl (C=O) groups excluding carboxylic acids is 3. The number of carboxylic acids is 1. The second-order valence-corrected chi connectivity index (χ2v) is 6.33. The molecule has 5 atom stereocenters. The number of aliphatic carboxylic acids is 1. The molecule has 1 fully saturated rings. The lowest BCUT2D eigenvalue weighted by Gasteiger charge is -2.43. The Kier molecular flexibility index (Phi) is 9.88. The molecule has 0 aromatic rings. The van der Waals surface area contributed by atoms with Gasteiger partial charge in [-0.05, 0) is 0 Å². The molecular formula is C18H28O10. The summed E-state index contributed by atoms with van der Waals surface area (Å²) in [4.78, 5) is 45.8. The quantitative estimate of drug-likeness (QED) is 0.416. The number of carbonyl (C=O) groups is 4. The summed E-state index contributed by atoms with van der Waals surface area (Å²) in [6, 6.07) is 0. The topological polar surface area (TPSA) is 135 Å². The number of ether oxygens (including phenoxy) is 5. The summed E-state index contributed by atoms with van der Waals surface area (Å²) in [5.41, 5.74) is 0. The Morgan fingerprint density at radius 1 is 0.929 bits per heavy atom. The first-order valence-electron chi connectivity index (χ1n) is 9.18. The Labute approximate surface area is 163 Å². The van der Waals surface area contributed by atoms with E-state index in [1.165, 1.54) is 7.11 Å². The molecule has 2 unspecified atom stereocenters. The Morgan fingerprint density at radius 3 is 2.00 bits per heavy atom. The minimum Gasteiger partial charge on any atom is -0.481 e. The molecular weight excluding hydrogens is 376 g/mol. The molecule has 0 aromatic heterocycles. The SMILES string of the molecule is CCC(=O)OC1[C@@H](OC)OC(COC(=O)CCC(=O)O)[C@@H](C)[C@@H]1OC(=O)CC. The molecule has 1 N–H and O–H groups in total. The van der Waals surface area contributed by atoms with Crippen molar-refractivity contribution in [1.82, 2.24) is 0 Å². The number of carboxylic acid groups (broad SMARTS) is 1. The molecule has 0 aromatic carbocycles. The minimum absolute atomic E-state index is 0.125. The summed E-state index contributed by atoms with van der Waals surface area (Å²) in [6.07, 6.45) is -3.91. The first kappa shape index (κ1) is 23.8. The molecule has 10 heteroatoms. The van der Waals surface area contributed by atoms with Crippen LogP contribution < -0.4 is 0 Å². The van der Waals surface area contributed by atoms with E-state index in [1.807, 2.05) is 0 Å². The zero-order valence-electron chi connectivity index (χ0n) is 16.5. The maximum Gasteiger partial charge on any atom is 0.306 e. The highest BCUT2D eigenvalue weighted by Crippen LogP contribution is 2.31. The maximum absolute atomic E-state index is 11.9. The Morgan fingerprint density at radius 2 is 1.50 bits per heavy atom. The van der Waals surface area contributed by atoms with E-state index in [2.05, 4.69) is 0 Å². The summed E-state index contributed by atoms with van der Waals surface area (Å²) in [6.45, 7) is 4.79. The van der Waals surface area contributed by atoms with Crippen LogP contribution in [-0.2, 0) is 42.9 Å². The van der Waals surface area contributed by atoms with E-state index in [0.717, 1.165) is 0 Å². The van der Waals surface area contributed by atoms with Crippen molar-refractivity contribution in [1.29, 1.82) is 0 Å². The van der Waals surface area contributed by atoms with E-state index in [1.54, 1.807) is 20.8 Å². The van der Waals surface area contributed by atoms with Crippen LogP contribution in [0.2, 0.25) is 0 Å². The van der Waals surface area contributed by atoms with Crippen molar-refractivity contribution in [3.05, 3.63) is 0 Å². The zero-order chi connectivity index (χ0) is 21.3. The van der Waals surface area contributed by atoms with Crippen LogP contribution in [0.15, 0.2) is 0 Å². The normalized spacial score (nSPS) is 26.9. The molecule has 0 aliphatic carbocycles. The molecule has 0 radical (unpaired) electrons. The van der Waals surface area contributed by atoms with Gasteiger partial charge in [0.05, 0.1) is 12.8 Å². The molecule has 1 rings (SSSR count). The van der Waals surface area contributed by atoms with Crippen molar-refractivity contribution >= 4 is 23.9 Å². The van der Waals surface area contributed by atoms with Gasteiger partial charge in [0.15, 0.2) is 12.4 Å². The summed E-state index contributed by atoms with van der Waals surface area (Å²) in [5.74, 6) is -3.26. The van der Waals surface area contributed by atoms with Crippen molar-refractivity contribution in [3.8, 4) is 0 Å². The van der Waals surface area contributed by atoms with Gasteiger partial charge in [-0.1, -0.05) is 20.8 Å². The number of hydrogen-bond donors (Lipinski definition) is 1. The predicted octanol–water partition coefficient (Wildman–Crippen LogP) is 1.05. The lowest BCUT2D eigenvalue weighted by Crippen LogP contribution is -2.58. The van der Waals surface area contributed by atoms with Gasteiger partial charge in [0.25, 0.3) is 0 Å². The number of hydrogen-bond acceptors (Lipinski definition) is 9. The van der Waals surface area contributed by atoms with Gasteiger partial charge in [-0.3, -0.25) is 19.2 Å². The molecule has 0 bridgehead atoms. The van der Waals surface area contributed by atoms with E-state index in [9.17, 15) is 19.2 Å². The number of rotatable bonds is 10. The summed E-state index contributed by atoms with van der Waals surface area (Å²) >= 11 is 0. The van der Waals surface area contributed by atoms with Gasteiger partial charge in [-0.15, -0.1) is 0 Å². The molecule has 1 saturated heterocycles. The van der Waals surface area contributed by atoms with E-state index in [-0.39, 0.29) is 32.3 Å². The van der Waals surface area contributed by atoms with E-state index in [4.69, 9.17) is 28.8 Å². The van der Waals surface area contributed by atoms with Gasteiger partial charge in [-0.25, -0.2) is 0 Å². The summed E-state index contributed by atoms with van der Waals surface area (Å²) in [7, 11) is 1.35. The van der Waals surface area contributed by atoms with Gasteiger partial charge in [0.1, 0.15) is 18.8 Å². The third kappa shape index (κ3) is 7.08. The fraction of sp³-hybridized carbons (Fsp3) is 0.778. The number of esters is 3. The second kappa shape index (κ2) is 11.6. The second-order valence-electron chi connectivity index (χ2n) is 6.33. The standard InChI is InChI=1S/C18H28O10/c1-5-13(21)27-16-10(3)11(9-25-15(23)8-7-12(19)20)26-18(24-4)17(16)28-14(22)6-2/h10-11,16-18H,5-9H2,1-4H3,(H,19,20)/t10-,11?,16+,17?,18+/m1/s1. The Bertz CT molecular complexity index is 561. The Hall–Kier alpha value is -2.20. The van der Waals surface area contributed by atoms with Gasteiger partial charge in [-0.2, -0.15) is 0 Å². The first-order chi connectivity index (χ1) is 13.2. The van der Waals surface area contributed by atoms with Crippen molar-refractivity contribution in [3.63, 3.8) is 0 Å². The third-order valence-electron chi connectivity index (χ3n) is 4.30. The number of methoxy groups -OCH3 is 1. The highest BCUT2D eigenvalue weighted by molar-refractivity contribution is 5.76. The average Bonchev–Trinajstić information content (AvgIpc) is 2.67. The van der Waals surface area contributed by atoms with Crippen molar-refractivity contribution in [2.24, 2.45) is 5.92 Å². The lowest BCUT2D eigenvalue weighted by atomic mass is 9.90. The van der Waals surface area contributed by atoms with Gasteiger partial charge < -0.3 is 28.8 Å². The zero-order valence-corrected chi connectivity index (χ0v) is 16.5. The molecule has 10 nitrogen and oxygen atoms in total. The Balaban J connectivity index is 2.88. The van der Waals surface area contributed by atoms with Crippen LogP contribution in [0.1, 0.15) is 46.5 Å². The molecule has 0 amide bonds. The summed E-state index contributed by atoms with van der Waals surface area (Å²) in [5, 5.41) is 8.61. The van der Waals surface area contributed by atoms with Gasteiger partial charge >= 0.3 is 23.9 Å². The third-order valence-corrected chi connectivity index (χ3v) is 4.30. The molecule has 1 heterocycles. The van der Waals surface area contributed by atoms with Crippen LogP contribution >= 0.6 is 0 Å². The van der Waals surface area contributed by atoms with E-state index >= 15 is 0 Å². The molecule has 1 aliphatic heterocycles. The summed E-state index contributed by atoms with van der Waals surface area (Å²) < 4.78 is 26.9. The van der Waals surface area contributed by atoms with Crippen LogP contribution in [0.3, 0.4) is 0 Å². The van der Waals surface area contributed by atoms with Gasteiger partial charge in [0, 0.05) is 25.9 Å². The van der Waals surface area contributed by atoms with Crippen LogP contribution in [-0.4, -0.2) is 67.3 Å². The minimum atomic E-state index is -1.11. The maximum atomic E-state index is 11.9. The molecule has 1 aliphatic rings. The van der Waals surface area contributed by atoms with Gasteiger partial charge in [0.2, 0.25) is 0 Å². The largest absolute Gasteiger partial charge is 0.481 e. The van der Waals surface area contributed by atoms with E-state index < -0.39 is 54.4 Å². The van der Waals surface area contributed by atoms with Crippen LogP contribution in [0.25, 0.3) is 0 Å². The first-order valence-corrected chi connectivity index (χ1v) is 9.18. The van der Waals surface area contributed by atoms with E-state index in [0.29, 0.717) is 0 Å². The van der Waals surface area contributed by atoms with Crippen molar-refractivity contribution < 1.29 is 48.0 Å². The predicted molar refractivity (Wildman–Crippen MR) is 93.0 cm³/mol. The average molecular weight is 404 g/mol. The fourth-order valence-corrected chi connectivity index (χ4v) is 2.64. The fourth-order valence-electron chi connectivity index (χ4n) is 2.64.